The summed E-state index contributed by atoms with van der Waals surface area (Å²) in [6.45, 7) is -0.110. The first-order chi connectivity index (χ1) is 10.7. The van der Waals surface area contributed by atoms with E-state index < -0.39 is 5.97 Å². The van der Waals surface area contributed by atoms with Crippen LogP contribution in [0.1, 0.15) is 16.2 Å². The van der Waals surface area contributed by atoms with E-state index >= 15 is 0 Å². The summed E-state index contributed by atoms with van der Waals surface area (Å²) in [4.78, 5) is 19.8. The first-order valence-electron chi connectivity index (χ1n) is 6.39. The fourth-order valence-corrected chi connectivity index (χ4v) is 1.84. The minimum Gasteiger partial charge on any atom is -0.452 e. The smallest absolute Gasteiger partial charge is 0.340 e. The van der Waals surface area contributed by atoms with Crippen LogP contribution in [0.3, 0.4) is 0 Å². The number of aromatic nitrogens is 3. The third-order valence-corrected chi connectivity index (χ3v) is 3.01. The van der Waals surface area contributed by atoms with Crippen molar-refractivity contribution in [1.82, 2.24) is 15.1 Å². The lowest BCUT2D eigenvalue weighted by atomic mass is 10.2. The molecule has 0 spiro atoms. The van der Waals surface area contributed by atoms with E-state index in [0.29, 0.717) is 16.5 Å². The lowest BCUT2D eigenvalue weighted by molar-refractivity contribution is 0.0429. The van der Waals surface area contributed by atoms with Crippen LogP contribution in [0.2, 0.25) is 5.15 Å². The molecule has 0 atom stereocenters. The highest BCUT2D eigenvalue weighted by atomic mass is 35.5. The van der Waals surface area contributed by atoms with Crippen molar-refractivity contribution >= 4 is 17.6 Å². The molecule has 110 valence electrons. The van der Waals surface area contributed by atoms with Gasteiger partial charge in [-0.3, -0.25) is 0 Å². The average Bonchev–Trinajstić information content (AvgIpc) is 3.03. The molecule has 0 fully saturated rings. The van der Waals surface area contributed by atoms with Gasteiger partial charge in [-0.1, -0.05) is 47.1 Å². The predicted molar refractivity (Wildman–Crippen MR) is 78.1 cm³/mol. The lowest BCUT2D eigenvalue weighted by Gasteiger charge is -2.01. The van der Waals surface area contributed by atoms with E-state index in [0.717, 1.165) is 5.56 Å². The third-order valence-electron chi connectivity index (χ3n) is 2.79. The van der Waals surface area contributed by atoms with E-state index in [4.69, 9.17) is 20.9 Å². The summed E-state index contributed by atoms with van der Waals surface area (Å²) < 4.78 is 10.1. The summed E-state index contributed by atoms with van der Waals surface area (Å²) >= 11 is 5.65. The molecule has 0 saturated heterocycles. The van der Waals surface area contributed by atoms with E-state index in [2.05, 4.69) is 15.1 Å². The summed E-state index contributed by atoms with van der Waals surface area (Å²) in [5, 5.41) is 4.15. The fourth-order valence-electron chi connectivity index (χ4n) is 1.73. The van der Waals surface area contributed by atoms with E-state index in [-0.39, 0.29) is 12.5 Å². The van der Waals surface area contributed by atoms with E-state index in [1.54, 1.807) is 0 Å². The van der Waals surface area contributed by atoms with Crippen molar-refractivity contribution in [3.8, 4) is 11.4 Å². The Kier molecular flexibility index (Phi) is 4.11. The largest absolute Gasteiger partial charge is 0.452 e. The van der Waals surface area contributed by atoms with Crippen LogP contribution >= 0.6 is 11.6 Å². The number of halogens is 1. The van der Waals surface area contributed by atoms with Gasteiger partial charge in [0.05, 0.1) is 5.56 Å². The number of benzene rings is 1. The van der Waals surface area contributed by atoms with Crippen LogP contribution in [-0.4, -0.2) is 21.1 Å². The van der Waals surface area contributed by atoms with Gasteiger partial charge in [-0.25, -0.2) is 9.78 Å². The Morgan fingerprint density at radius 1 is 1.18 bits per heavy atom. The number of rotatable bonds is 4. The summed E-state index contributed by atoms with van der Waals surface area (Å²) in [5.74, 6) is 0.123. The monoisotopic (exact) mass is 315 g/mol. The Balaban J connectivity index is 1.64. The van der Waals surface area contributed by atoms with E-state index in [1.807, 2.05) is 30.3 Å². The van der Waals surface area contributed by atoms with E-state index in [1.165, 1.54) is 18.3 Å². The van der Waals surface area contributed by atoms with Gasteiger partial charge in [0, 0.05) is 11.8 Å². The van der Waals surface area contributed by atoms with Crippen molar-refractivity contribution in [2.45, 2.75) is 6.61 Å². The standard InChI is InChI=1S/C15H10ClN3O3/c16-12-7-6-11(8-17-12)15(20)21-9-13-18-14(19-22-13)10-4-2-1-3-5-10/h1-8H,9H2. The van der Waals surface area contributed by atoms with Crippen LogP contribution in [0.25, 0.3) is 11.4 Å². The molecule has 0 unspecified atom stereocenters. The van der Waals surface area contributed by atoms with Gasteiger partial charge < -0.3 is 9.26 Å². The molecule has 2 aromatic heterocycles. The van der Waals surface area contributed by atoms with Crippen molar-refractivity contribution in [2.24, 2.45) is 0 Å². The number of ether oxygens (including phenoxy) is 1. The molecular formula is C15H10ClN3O3. The number of carbonyl (C=O) groups is 1. The maximum Gasteiger partial charge on any atom is 0.340 e. The zero-order chi connectivity index (χ0) is 15.4. The highest BCUT2D eigenvalue weighted by molar-refractivity contribution is 6.29. The van der Waals surface area contributed by atoms with E-state index in [9.17, 15) is 4.79 Å². The summed E-state index contributed by atoms with van der Waals surface area (Å²) in [6.07, 6.45) is 1.34. The average molecular weight is 316 g/mol. The third kappa shape index (κ3) is 3.29. The second kappa shape index (κ2) is 6.36. The molecule has 0 bridgehead atoms. The quantitative estimate of drug-likeness (QED) is 0.543. The van der Waals surface area contributed by atoms with Crippen LogP contribution in [0.4, 0.5) is 0 Å². The predicted octanol–water partition coefficient (Wildman–Crippen LogP) is 3.14. The van der Waals surface area contributed by atoms with Gasteiger partial charge in [0.25, 0.3) is 5.89 Å². The molecule has 3 aromatic rings. The molecule has 0 amide bonds. The molecule has 0 radical (unpaired) electrons. The number of pyridine rings is 1. The Hall–Kier alpha value is -2.73. The summed E-state index contributed by atoms with van der Waals surface area (Å²) in [5.41, 5.74) is 1.12. The second-order valence-electron chi connectivity index (χ2n) is 4.32. The molecule has 0 aliphatic carbocycles. The van der Waals surface area contributed by atoms with Crippen molar-refractivity contribution < 1.29 is 14.1 Å². The van der Waals surface area contributed by atoms with Gasteiger partial charge in [0.2, 0.25) is 5.82 Å². The van der Waals surface area contributed by atoms with Crippen molar-refractivity contribution in [2.75, 3.05) is 0 Å². The van der Waals surface area contributed by atoms with Crippen LogP contribution in [0.15, 0.2) is 53.2 Å². The van der Waals surface area contributed by atoms with Gasteiger partial charge in [-0.15, -0.1) is 0 Å². The molecule has 6 nitrogen and oxygen atoms in total. The summed E-state index contributed by atoms with van der Waals surface area (Å²) in [7, 11) is 0. The second-order valence-corrected chi connectivity index (χ2v) is 4.71. The van der Waals surface area contributed by atoms with Gasteiger partial charge in [-0.05, 0) is 12.1 Å². The molecule has 0 aliphatic heterocycles. The number of hydrogen-bond donors (Lipinski definition) is 0. The Labute approximate surface area is 130 Å². The minimum atomic E-state index is -0.538. The molecule has 0 N–H and O–H groups in total. The Bertz CT molecular complexity index is 772. The first-order valence-corrected chi connectivity index (χ1v) is 6.77. The topological polar surface area (TPSA) is 78.1 Å². The zero-order valence-corrected chi connectivity index (χ0v) is 12.0. The number of esters is 1. The normalized spacial score (nSPS) is 10.4. The molecule has 7 heteroatoms. The fraction of sp³-hybridized carbons (Fsp3) is 0.0667. The zero-order valence-electron chi connectivity index (χ0n) is 11.3. The molecule has 2 heterocycles. The highest BCUT2D eigenvalue weighted by Crippen LogP contribution is 2.15. The lowest BCUT2D eigenvalue weighted by Crippen LogP contribution is -2.05. The number of carbonyl (C=O) groups excluding carboxylic acids is 1. The van der Waals surface area contributed by atoms with Gasteiger partial charge in [-0.2, -0.15) is 4.98 Å². The van der Waals surface area contributed by atoms with Gasteiger partial charge in [0.1, 0.15) is 5.15 Å². The SMILES string of the molecule is O=C(OCc1nc(-c2ccccc2)no1)c1ccc(Cl)nc1. The van der Waals surface area contributed by atoms with Crippen molar-refractivity contribution in [3.05, 3.63) is 65.3 Å². The van der Waals surface area contributed by atoms with Crippen molar-refractivity contribution in [3.63, 3.8) is 0 Å². The first kappa shape index (κ1) is 14.2. The van der Waals surface area contributed by atoms with Crippen LogP contribution in [0.5, 0.6) is 0 Å². The van der Waals surface area contributed by atoms with Crippen LogP contribution in [0, 0.1) is 0 Å². The maximum absolute atomic E-state index is 11.8. The molecular weight excluding hydrogens is 306 g/mol. The molecule has 3 rings (SSSR count). The molecule has 0 saturated carbocycles. The van der Waals surface area contributed by atoms with Gasteiger partial charge >= 0.3 is 5.97 Å². The van der Waals surface area contributed by atoms with Crippen LogP contribution < -0.4 is 0 Å². The molecule has 0 aliphatic rings. The van der Waals surface area contributed by atoms with Crippen molar-refractivity contribution in [1.29, 1.82) is 0 Å². The number of nitrogens with zero attached hydrogens (tertiary/aromatic N) is 3. The molecule has 22 heavy (non-hydrogen) atoms. The summed E-state index contributed by atoms with van der Waals surface area (Å²) in [6, 6.07) is 12.4. The highest BCUT2D eigenvalue weighted by Gasteiger charge is 2.12. The van der Waals surface area contributed by atoms with Gasteiger partial charge in [0.15, 0.2) is 6.61 Å². The maximum atomic E-state index is 11.8. The van der Waals surface area contributed by atoms with Crippen LogP contribution in [-0.2, 0) is 11.3 Å². The molecule has 1 aromatic carbocycles. The number of hydrogen-bond acceptors (Lipinski definition) is 6. The Morgan fingerprint density at radius 3 is 2.73 bits per heavy atom. The Morgan fingerprint density at radius 2 is 2.00 bits per heavy atom. The minimum absolute atomic E-state index is 0.110.